The Morgan fingerprint density at radius 1 is 1.22 bits per heavy atom. The molecule has 0 amide bonds. The first-order valence-corrected chi connectivity index (χ1v) is 7.37. The van der Waals surface area contributed by atoms with Crippen LogP contribution in [0, 0.1) is 11.3 Å². The molecule has 1 fully saturated rings. The summed E-state index contributed by atoms with van der Waals surface area (Å²) in [6, 6.07) is 0.586. The van der Waals surface area contributed by atoms with E-state index in [1.807, 2.05) is 0 Å². The van der Waals surface area contributed by atoms with Gasteiger partial charge in [-0.1, -0.05) is 20.8 Å². The Kier molecular flexibility index (Phi) is 6.09. The molecule has 1 aliphatic heterocycles. The maximum absolute atomic E-state index is 3.48. The van der Waals surface area contributed by atoms with Gasteiger partial charge in [-0.3, -0.25) is 0 Å². The van der Waals surface area contributed by atoms with E-state index in [0.29, 0.717) is 11.5 Å². The molecule has 1 heterocycles. The third-order valence-corrected chi connectivity index (χ3v) is 4.17. The molecule has 0 saturated carbocycles. The van der Waals surface area contributed by atoms with E-state index < -0.39 is 0 Å². The van der Waals surface area contributed by atoms with Crippen LogP contribution in [-0.4, -0.2) is 63.2 Å². The summed E-state index contributed by atoms with van der Waals surface area (Å²) >= 11 is 0. The lowest BCUT2D eigenvalue weighted by Gasteiger charge is -2.39. The van der Waals surface area contributed by atoms with E-state index in [1.54, 1.807) is 0 Å². The summed E-state index contributed by atoms with van der Waals surface area (Å²) < 4.78 is 0. The number of hydrogen-bond acceptors (Lipinski definition) is 3. The minimum absolute atomic E-state index is 0.342. The largest absolute Gasteiger partial charge is 0.315 e. The quantitative estimate of drug-likeness (QED) is 0.809. The smallest absolute Gasteiger partial charge is 0.0240 e. The van der Waals surface area contributed by atoms with Gasteiger partial charge in [-0.15, -0.1) is 0 Å². The number of likely N-dealkylation sites (tertiary alicyclic amines) is 1. The number of nitrogens with zero attached hydrogens (tertiary/aromatic N) is 2. The Morgan fingerprint density at radius 3 is 2.17 bits per heavy atom. The van der Waals surface area contributed by atoms with Crippen molar-refractivity contribution < 1.29 is 0 Å². The highest BCUT2D eigenvalue weighted by molar-refractivity contribution is 4.84. The van der Waals surface area contributed by atoms with Crippen molar-refractivity contribution >= 4 is 0 Å². The van der Waals surface area contributed by atoms with Crippen LogP contribution < -0.4 is 5.32 Å². The second kappa shape index (κ2) is 6.88. The summed E-state index contributed by atoms with van der Waals surface area (Å²) in [4.78, 5) is 4.96. The van der Waals surface area contributed by atoms with Crippen LogP contribution >= 0.6 is 0 Å². The molecule has 0 aromatic carbocycles. The van der Waals surface area contributed by atoms with Crippen molar-refractivity contribution in [3.63, 3.8) is 0 Å². The van der Waals surface area contributed by atoms with E-state index in [4.69, 9.17) is 0 Å². The molecule has 0 bridgehead atoms. The molecule has 3 nitrogen and oxygen atoms in total. The van der Waals surface area contributed by atoms with Gasteiger partial charge in [-0.05, 0) is 58.4 Å². The van der Waals surface area contributed by atoms with Gasteiger partial charge in [-0.25, -0.2) is 0 Å². The Balaban J connectivity index is 2.34. The molecule has 1 aliphatic rings. The predicted molar refractivity (Wildman–Crippen MR) is 80.0 cm³/mol. The molecule has 0 radical (unpaired) electrons. The highest BCUT2D eigenvalue weighted by Crippen LogP contribution is 2.23. The zero-order valence-corrected chi connectivity index (χ0v) is 13.3. The Labute approximate surface area is 114 Å². The van der Waals surface area contributed by atoms with Gasteiger partial charge in [0.15, 0.2) is 0 Å². The van der Waals surface area contributed by atoms with E-state index in [2.05, 4.69) is 57.0 Å². The molecule has 1 atom stereocenters. The molecular formula is C15H33N3. The first-order chi connectivity index (χ1) is 8.32. The molecule has 1 saturated heterocycles. The minimum Gasteiger partial charge on any atom is -0.315 e. The molecule has 3 heteroatoms. The van der Waals surface area contributed by atoms with Crippen molar-refractivity contribution in [1.29, 1.82) is 0 Å². The molecule has 0 aromatic rings. The molecule has 1 N–H and O–H groups in total. The first-order valence-electron chi connectivity index (χ1n) is 7.37. The van der Waals surface area contributed by atoms with Crippen molar-refractivity contribution in [2.24, 2.45) is 11.3 Å². The number of likely N-dealkylation sites (N-methyl/N-ethyl adjacent to an activating group) is 1. The molecule has 0 spiro atoms. The van der Waals surface area contributed by atoms with E-state index >= 15 is 0 Å². The van der Waals surface area contributed by atoms with Crippen LogP contribution in [0.15, 0.2) is 0 Å². The van der Waals surface area contributed by atoms with Gasteiger partial charge >= 0.3 is 0 Å². The van der Waals surface area contributed by atoms with Crippen LogP contribution in [0.2, 0.25) is 0 Å². The van der Waals surface area contributed by atoms with Crippen LogP contribution in [-0.2, 0) is 0 Å². The van der Waals surface area contributed by atoms with Crippen LogP contribution in [0.3, 0.4) is 0 Å². The van der Waals surface area contributed by atoms with Crippen molar-refractivity contribution in [1.82, 2.24) is 15.1 Å². The van der Waals surface area contributed by atoms with Crippen LogP contribution in [0.1, 0.15) is 33.6 Å². The standard InChI is InChI=1S/C15H33N3/c1-15(2,3)14(16-4)12-18-9-7-13(8-10-18)11-17(5)6/h13-14,16H,7-12H2,1-6H3. The monoisotopic (exact) mass is 255 g/mol. The number of nitrogens with one attached hydrogen (secondary N) is 1. The Hall–Kier alpha value is -0.120. The number of hydrogen-bond donors (Lipinski definition) is 1. The average Bonchev–Trinajstić information content (AvgIpc) is 2.25. The second-order valence-corrected chi connectivity index (χ2v) is 7.21. The Morgan fingerprint density at radius 2 is 1.78 bits per heavy atom. The fourth-order valence-corrected chi connectivity index (χ4v) is 2.92. The first kappa shape index (κ1) is 15.9. The zero-order chi connectivity index (χ0) is 13.8. The summed E-state index contributed by atoms with van der Waals surface area (Å²) in [5, 5.41) is 3.48. The summed E-state index contributed by atoms with van der Waals surface area (Å²) in [6.45, 7) is 12.0. The lowest BCUT2D eigenvalue weighted by atomic mass is 9.86. The molecule has 0 aromatic heterocycles. The van der Waals surface area contributed by atoms with Gasteiger partial charge in [0.2, 0.25) is 0 Å². The third kappa shape index (κ3) is 5.25. The predicted octanol–water partition coefficient (Wildman–Crippen LogP) is 1.89. The normalized spacial score (nSPS) is 21.5. The van der Waals surface area contributed by atoms with E-state index in [9.17, 15) is 0 Å². The summed E-state index contributed by atoms with van der Waals surface area (Å²) in [5.74, 6) is 0.902. The van der Waals surface area contributed by atoms with E-state index in [0.717, 1.165) is 5.92 Å². The van der Waals surface area contributed by atoms with Crippen LogP contribution in [0.4, 0.5) is 0 Å². The van der Waals surface area contributed by atoms with Crippen LogP contribution in [0.25, 0.3) is 0 Å². The molecule has 1 rings (SSSR count). The van der Waals surface area contributed by atoms with Crippen LogP contribution in [0.5, 0.6) is 0 Å². The minimum atomic E-state index is 0.342. The van der Waals surface area contributed by atoms with Gasteiger partial charge in [0.25, 0.3) is 0 Å². The van der Waals surface area contributed by atoms with Crippen molar-refractivity contribution in [3.05, 3.63) is 0 Å². The number of rotatable bonds is 5. The lowest BCUT2D eigenvalue weighted by molar-refractivity contribution is 0.125. The number of piperidine rings is 1. The topological polar surface area (TPSA) is 18.5 Å². The highest BCUT2D eigenvalue weighted by atomic mass is 15.2. The van der Waals surface area contributed by atoms with Crippen molar-refractivity contribution in [2.45, 2.75) is 39.7 Å². The van der Waals surface area contributed by atoms with Gasteiger partial charge in [0, 0.05) is 19.1 Å². The van der Waals surface area contributed by atoms with Gasteiger partial charge in [0.05, 0.1) is 0 Å². The Bertz CT molecular complexity index is 224. The van der Waals surface area contributed by atoms with Gasteiger partial charge < -0.3 is 15.1 Å². The van der Waals surface area contributed by atoms with E-state index in [-0.39, 0.29) is 0 Å². The summed E-state index contributed by atoms with van der Waals surface area (Å²) in [5.41, 5.74) is 0.342. The van der Waals surface area contributed by atoms with Crippen molar-refractivity contribution in [2.75, 3.05) is 47.3 Å². The summed E-state index contributed by atoms with van der Waals surface area (Å²) in [7, 11) is 6.46. The molecule has 108 valence electrons. The van der Waals surface area contributed by atoms with Gasteiger partial charge in [0.1, 0.15) is 0 Å². The fraction of sp³-hybridized carbons (Fsp3) is 1.00. The highest BCUT2D eigenvalue weighted by Gasteiger charge is 2.27. The third-order valence-electron chi connectivity index (χ3n) is 4.17. The zero-order valence-electron chi connectivity index (χ0n) is 13.3. The van der Waals surface area contributed by atoms with Gasteiger partial charge in [-0.2, -0.15) is 0 Å². The molecule has 18 heavy (non-hydrogen) atoms. The average molecular weight is 255 g/mol. The SMILES string of the molecule is CNC(CN1CCC(CN(C)C)CC1)C(C)(C)C. The van der Waals surface area contributed by atoms with E-state index in [1.165, 1.54) is 39.0 Å². The fourth-order valence-electron chi connectivity index (χ4n) is 2.92. The lowest BCUT2D eigenvalue weighted by Crippen LogP contribution is -2.49. The molecule has 0 aliphatic carbocycles. The molecule has 1 unspecified atom stereocenters. The maximum Gasteiger partial charge on any atom is 0.0240 e. The molecular weight excluding hydrogens is 222 g/mol. The maximum atomic E-state index is 3.48. The van der Waals surface area contributed by atoms with Crippen molar-refractivity contribution in [3.8, 4) is 0 Å². The summed E-state index contributed by atoms with van der Waals surface area (Å²) in [6.07, 6.45) is 2.72. The second-order valence-electron chi connectivity index (χ2n) is 7.21.